The number of hydrogen-bond acceptors (Lipinski definition) is 8. The van der Waals surface area contributed by atoms with Crippen molar-refractivity contribution in [2.45, 2.75) is 52.7 Å². The van der Waals surface area contributed by atoms with Crippen molar-refractivity contribution in [3.8, 4) is 11.5 Å². The average Bonchev–Trinajstić information content (AvgIpc) is 2.95. The zero-order valence-corrected chi connectivity index (χ0v) is 23.8. The van der Waals surface area contributed by atoms with Gasteiger partial charge in [-0.05, 0) is 32.0 Å². The Kier molecular flexibility index (Phi) is 12.1. The number of carbonyl (C=O) groups excluding carboxylic acids is 2. The molecule has 0 N–H and O–H groups in total. The van der Waals surface area contributed by atoms with Crippen molar-refractivity contribution in [1.82, 2.24) is 0 Å². The van der Waals surface area contributed by atoms with Crippen LogP contribution in [0.1, 0.15) is 40.5 Å². The Hall–Kier alpha value is -3.07. The van der Waals surface area contributed by atoms with Crippen LogP contribution in [-0.2, 0) is 28.5 Å². The predicted octanol–water partition coefficient (Wildman–Crippen LogP) is 6.12. The summed E-state index contributed by atoms with van der Waals surface area (Å²) in [6.45, 7) is 8.88. The fourth-order valence-corrected chi connectivity index (χ4v) is 4.18. The van der Waals surface area contributed by atoms with E-state index < -0.39 is 12.2 Å². The number of benzene rings is 3. The van der Waals surface area contributed by atoms with Crippen molar-refractivity contribution in [1.29, 1.82) is 0 Å². The third kappa shape index (κ3) is 8.46. The lowest BCUT2D eigenvalue weighted by molar-refractivity contribution is -0.154. The first kappa shape index (κ1) is 30.5. The largest absolute Gasteiger partial charge is 0.488 e. The fourth-order valence-electron chi connectivity index (χ4n) is 4.00. The summed E-state index contributed by atoms with van der Waals surface area (Å²) in [6.07, 6.45) is -0.624. The monoisotopic (exact) mass is 560 g/mol. The Morgan fingerprint density at radius 2 is 1.13 bits per heavy atom. The second-order valence-corrected chi connectivity index (χ2v) is 9.20. The van der Waals surface area contributed by atoms with Gasteiger partial charge in [0.25, 0.3) is 0 Å². The Labute approximate surface area is 234 Å². The highest BCUT2D eigenvalue weighted by atomic mass is 35.5. The van der Waals surface area contributed by atoms with E-state index in [-0.39, 0.29) is 51.2 Å². The summed E-state index contributed by atoms with van der Waals surface area (Å²) in [4.78, 5) is 24.0. The number of carbonyl (C=O) groups is 2. The maximum atomic E-state index is 12.0. The van der Waals surface area contributed by atoms with Gasteiger partial charge in [-0.15, -0.1) is 0 Å². The van der Waals surface area contributed by atoms with E-state index in [4.69, 9.17) is 40.0 Å². The molecule has 0 radical (unpaired) electrons. The molecule has 0 heterocycles. The number of rotatable bonds is 16. The Morgan fingerprint density at radius 3 is 1.59 bits per heavy atom. The first-order valence-electron chi connectivity index (χ1n) is 13.4. The summed E-state index contributed by atoms with van der Waals surface area (Å²) in [5.41, 5.74) is 0. The molecule has 0 bridgehead atoms. The van der Waals surface area contributed by atoms with Crippen molar-refractivity contribution in [2.75, 3.05) is 39.6 Å². The van der Waals surface area contributed by atoms with E-state index in [1.165, 1.54) is 0 Å². The van der Waals surface area contributed by atoms with Crippen LogP contribution < -0.4 is 9.47 Å². The molecule has 0 saturated heterocycles. The van der Waals surface area contributed by atoms with Gasteiger partial charge < -0.3 is 28.4 Å². The van der Waals surface area contributed by atoms with Crippen molar-refractivity contribution < 1.29 is 38.0 Å². The summed E-state index contributed by atoms with van der Waals surface area (Å²) in [7, 11) is 0. The van der Waals surface area contributed by atoms with Crippen LogP contribution in [0.15, 0.2) is 42.5 Å². The maximum absolute atomic E-state index is 12.0. The second kappa shape index (κ2) is 15.5. The topological polar surface area (TPSA) is 89.5 Å². The van der Waals surface area contributed by atoms with Crippen LogP contribution in [0.2, 0.25) is 5.02 Å². The molecular weight excluding hydrogens is 524 g/mol. The summed E-state index contributed by atoms with van der Waals surface area (Å²) in [5.74, 6) is 0.559. The standard InChI is InChI=1S/C30H37ClO8/c1-5-27(32)38-21(16-34-7-3)18-36-29-23-11-9-10-12-24(23)30(26-15-20(31)13-14-25(26)29)37-19-22(17-35-8-4)39-28(33)6-2/h9-15,21-22H,5-8,16-19H2,1-4H3. The highest BCUT2D eigenvalue weighted by molar-refractivity contribution is 6.31. The van der Waals surface area contributed by atoms with E-state index in [9.17, 15) is 9.59 Å². The van der Waals surface area contributed by atoms with E-state index in [0.29, 0.717) is 29.7 Å². The van der Waals surface area contributed by atoms with Crippen LogP contribution in [0.4, 0.5) is 0 Å². The van der Waals surface area contributed by atoms with Gasteiger partial charge in [0.2, 0.25) is 0 Å². The number of fused-ring (bicyclic) bond motifs is 2. The summed E-state index contributed by atoms with van der Waals surface area (Å²) in [6, 6.07) is 13.2. The molecular formula is C30H37ClO8. The number of hydrogen-bond donors (Lipinski definition) is 0. The smallest absolute Gasteiger partial charge is 0.305 e. The molecule has 39 heavy (non-hydrogen) atoms. The lowest BCUT2D eigenvalue weighted by Gasteiger charge is -2.23. The normalized spacial score (nSPS) is 12.7. The summed E-state index contributed by atoms with van der Waals surface area (Å²) in [5, 5.41) is 3.65. The van der Waals surface area contributed by atoms with Gasteiger partial charge in [-0.25, -0.2) is 0 Å². The van der Waals surface area contributed by atoms with Gasteiger partial charge in [0.1, 0.15) is 24.7 Å². The van der Waals surface area contributed by atoms with Gasteiger partial charge in [0, 0.05) is 52.6 Å². The van der Waals surface area contributed by atoms with Crippen LogP contribution >= 0.6 is 11.6 Å². The third-order valence-electron chi connectivity index (χ3n) is 5.90. The molecule has 0 aliphatic heterocycles. The van der Waals surface area contributed by atoms with Gasteiger partial charge in [-0.2, -0.15) is 0 Å². The molecule has 2 unspecified atom stereocenters. The van der Waals surface area contributed by atoms with Crippen LogP contribution in [0.3, 0.4) is 0 Å². The van der Waals surface area contributed by atoms with Gasteiger partial charge >= 0.3 is 11.9 Å². The van der Waals surface area contributed by atoms with Crippen molar-refractivity contribution in [3.05, 3.63) is 47.5 Å². The molecule has 212 valence electrons. The maximum Gasteiger partial charge on any atom is 0.305 e. The molecule has 0 aliphatic rings. The molecule has 3 aromatic rings. The highest BCUT2D eigenvalue weighted by Crippen LogP contribution is 2.43. The predicted molar refractivity (Wildman–Crippen MR) is 151 cm³/mol. The third-order valence-corrected chi connectivity index (χ3v) is 6.14. The Bertz CT molecular complexity index is 1240. The first-order chi connectivity index (χ1) is 18.9. The molecule has 0 aromatic heterocycles. The highest BCUT2D eigenvalue weighted by Gasteiger charge is 2.22. The van der Waals surface area contributed by atoms with Gasteiger partial charge in [-0.1, -0.05) is 49.7 Å². The molecule has 0 spiro atoms. The quantitative estimate of drug-likeness (QED) is 0.153. The van der Waals surface area contributed by atoms with E-state index in [1.807, 2.05) is 50.2 Å². The fraction of sp³-hybridized carbons (Fsp3) is 0.467. The first-order valence-corrected chi connectivity index (χ1v) is 13.7. The van der Waals surface area contributed by atoms with Crippen molar-refractivity contribution in [2.24, 2.45) is 0 Å². The molecule has 0 saturated carbocycles. The van der Waals surface area contributed by atoms with Crippen molar-refractivity contribution in [3.63, 3.8) is 0 Å². The minimum absolute atomic E-state index is 0.0982. The molecule has 9 heteroatoms. The molecule has 0 aliphatic carbocycles. The molecule has 3 rings (SSSR count). The van der Waals surface area contributed by atoms with Gasteiger partial charge in [-0.3, -0.25) is 9.59 Å². The molecule has 8 nitrogen and oxygen atoms in total. The minimum Gasteiger partial charge on any atom is -0.488 e. The van der Waals surface area contributed by atoms with Gasteiger partial charge in [0.15, 0.2) is 12.2 Å². The second-order valence-electron chi connectivity index (χ2n) is 8.77. The zero-order valence-electron chi connectivity index (χ0n) is 23.0. The van der Waals surface area contributed by atoms with E-state index in [2.05, 4.69) is 0 Å². The van der Waals surface area contributed by atoms with Crippen LogP contribution in [0, 0.1) is 0 Å². The van der Waals surface area contributed by atoms with E-state index >= 15 is 0 Å². The van der Waals surface area contributed by atoms with E-state index in [1.54, 1.807) is 19.9 Å². The number of halogens is 1. The van der Waals surface area contributed by atoms with E-state index in [0.717, 1.165) is 21.5 Å². The summed E-state index contributed by atoms with van der Waals surface area (Å²) >= 11 is 6.41. The van der Waals surface area contributed by atoms with Crippen LogP contribution in [0.5, 0.6) is 11.5 Å². The van der Waals surface area contributed by atoms with Crippen molar-refractivity contribution >= 4 is 45.1 Å². The Balaban J connectivity index is 2.00. The summed E-state index contributed by atoms with van der Waals surface area (Å²) < 4.78 is 34.8. The Morgan fingerprint density at radius 1 is 0.667 bits per heavy atom. The average molecular weight is 561 g/mol. The van der Waals surface area contributed by atoms with Crippen LogP contribution in [0.25, 0.3) is 21.5 Å². The molecule has 2 atom stereocenters. The molecule has 0 fully saturated rings. The number of esters is 2. The SMILES string of the molecule is CCOCC(COc1c2ccccc2c(OCC(COCC)OC(=O)CC)c2cc(Cl)ccc12)OC(=O)CC. The van der Waals surface area contributed by atoms with Gasteiger partial charge in [0.05, 0.1) is 13.2 Å². The number of ether oxygens (including phenoxy) is 6. The molecule has 3 aromatic carbocycles. The molecule has 0 amide bonds. The van der Waals surface area contributed by atoms with Crippen LogP contribution in [-0.4, -0.2) is 63.8 Å². The lowest BCUT2D eigenvalue weighted by atomic mass is 10.0. The lowest BCUT2D eigenvalue weighted by Crippen LogP contribution is -2.30. The zero-order chi connectivity index (χ0) is 28.2. The minimum atomic E-state index is -0.575.